The van der Waals surface area contributed by atoms with Crippen LogP contribution in [-0.4, -0.2) is 58.7 Å². The van der Waals surface area contributed by atoms with E-state index in [2.05, 4.69) is 22.9 Å². The maximum absolute atomic E-state index is 13.3. The smallest absolute Gasteiger partial charge is 0.270 e. The van der Waals surface area contributed by atoms with Crippen LogP contribution in [0.2, 0.25) is 0 Å². The number of allylic oxidation sites excluding steroid dienone is 1. The summed E-state index contributed by atoms with van der Waals surface area (Å²) < 4.78 is 5.44. The molecule has 8 nitrogen and oxygen atoms in total. The highest BCUT2D eigenvalue weighted by atomic mass is 16.5. The van der Waals surface area contributed by atoms with Gasteiger partial charge in [-0.3, -0.25) is 14.5 Å². The van der Waals surface area contributed by atoms with Gasteiger partial charge < -0.3 is 15.2 Å². The van der Waals surface area contributed by atoms with Gasteiger partial charge in [-0.1, -0.05) is 26.0 Å². The molecule has 3 N–H and O–H groups in total. The van der Waals surface area contributed by atoms with Crippen LogP contribution in [0.5, 0.6) is 0 Å². The average molecular weight is 417 g/mol. The number of rotatable bonds is 6. The number of hydrogen-bond acceptors (Lipinski definition) is 6. The SMILES string of the molecule is CC(C)CN1C(=O)C(C(=O)NC2CC2)=C(O)N2NC(C)C(/C=C/C3CCOCC3)=C12. The second-order valence-corrected chi connectivity index (χ2v) is 9.03. The predicted octanol–water partition coefficient (Wildman–Crippen LogP) is 1.94. The van der Waals surface area contributed by atoms with E-state index in [1.807, 2.05) is 20.8 Å². The average Bonchev–Trinajstić information content (AvgIpc) is 3.45. The Labute approximate surface area is 177 Å². The Morgan fingerprint density at radius 1 is 1.30 bits per heavy atom. The van der Waals surface area contributed by atoms with E-state index in [4.69, 9.17) is 4.74 Å². The molecule has 0 aromatic carbocycles. The van der Waals surface area contributed by atoms with Gasteiger partial charge in [0.15, 0.2) is 5.57 Å². The van der Waals surface area contributed by atoms with Crippen molar-refractivity contribution in [1.82, 2.24) is 20.7 Å². The van der Waals surface area contributed by atoms with Crippen molar-refractivity contribution in [2.75, 3.05) is 19.8 Å². The summed E-state index contributed by atoms with van der Waals surface area (Å²) in [5.74, 6) is -0.0192. The summed E-state index contributed by atoms with van der Waals surface area (Å²) in [6, 6.07) is -0.00365. The van der Waals surface area contributed by atoms with Gasteiger partial charge in [0, 0.05) is 31.4 Å². The van der Waals surface area contributed by atoms with Crippen LogP contribution < -0.4 is 10.7 Å². The van der Waals surface area contributed by atoms with Crippen molar-refractivity contribution in [2.24, 2.45) is 11.8 Å². The van der Waals surface area contributed by atoms with Crippen LogP contribution in [-0.2, 0) is 14.3 Å². The Morgan fingerprint density at radius 2 is 2.00 bits per heavy atom. The van der Waals surface area contributed by atoms with Crippen molar-refractivity contribution < 1.29 is 19.4 Å². The molecule has 0 spiro atoms. The number of ether oxygens (including phenoxy) is 1. The summed E-state index contributed by atoms with van der Waals surface area (Å²) in [5.41, 5.74) is 3.96. The van der Waals surface area contributed by atoms with E-state index in [0.29, 0.717) is 18.3 Å². The fraction of sp³-hybridized carbons (Fsp3) is 0.636. The van der Waals surface area contributed by atoms with Crippen LogP contribution in [0.1, 0.15) is 46.5 Å². The van der Waals surface area contributed by atoms with Crippen LogP contribution in [0.3, 0.4) is 0 Å². The van der Waals surface area contributed by atoms with Crippen molar-refractivity contribution in [1.29, 1.82) is 0 Å². The normalized spacial score (nSPS) is 25.7. The van der Waals surface area contributed by atoms with Crippen molar-refractivity contribution in [2.45, 2.75) is 58.5 Å². The van der Waals surface area contributed by atoms with E-state index in [1.165, 1.54) is 5.01 Å². The van der Waals surface area contributed by atoms with E-state index >= 15 is 0 Å². The first kappa shape index (κ1) is 20.9. The third kappa shape index (κ3) is 4.11. The van der Waals surface area contributed by atoms with Crippen molar-refractivity contribution in [3.8, 4) is 0 Å². The van der Waals surface area contributed by atoms with Crippen LogP contribution >= 0.6 is 0 Å². The van der Waals surface area contributed by atoms with Crippen molar-refractivity contribution in [3.63, 3.8) is 0 Å². The summed E-state index contributed by atoms with van der Waals surface area (Å²) in [6.07, 6.45) is 8.03. The Balaban J connectivity index is 1.70. The first-order valence-electron chi connectivity index (χ1n) is 11.0. The van der Waals surface area contributed by atoms with Gasteiger partial charge in [0.2, 0.25) is 5.88 Å². The highest BCUT2D eigenvalue weighted by molar-refractivity contribution is 6.19. The zero-order valence-corrected chi connectivity index (χ0v) is 18.0. The molecule has 0 radical (unpaired) electrons. The number of carbonyl (C=O) groups excluding carboxylic acids is 2. The number of nitrogens with zero attached hydrogens (tertiary/aromatic N) is 2. The maximum Gasteiger partial charge on any atom is 0.270 e. The van der Waals surface area contributed by atoms with Gasteiger partial charge in [0.05, 0.1) is 6.04 Å². The number of aliphatic hydroxyl groups is 1. The zero-order valence-electron chi connectivity index (χ0n) is 18.0. The van der Waals surface area contributed by atoms with Gasteiger partial charge in [0.25, 0.3) is 11.8 Å². The van der Waals surface area contributed by atoms with Gasteiger partial charge in [0.1, 0.15) is 5.82 Å². The van der Waals surface area contributed by atoms with Crippen LogP contribution in [0.4, 0.5) is 0 Å². The van der Waals surface area contributed by atoms with E-state index in [9.17, 15) is 14.7 Å². The molecule has 3 heterocycles. The molecule has 1 unspecified atom stereocenters. The number of hydrazine groups is 1. The largest absolute Gasteiger partial charge is 0.493 e. The Kier molecular flexibility index (Phi) is 5.88. The molecular formula is C22H32N4O4. The monoisotopic (exact) mass is 416 g/mol. The Hall–Kier alpha value is -2.32. The topological polar surface area (TPSA) is 94.1 Å². The molecule has 1 aliphatic carbocycles. The highest BCUT2D eigenvalue weighted by Gasteiger charge is 2.45. The van der Waals surface area contributed by atoms with E-state index in [0.717, 1.165) is 44.5 Å². The van der Waals surface area contributed by atoms with Gasteiger partial charge >= 0.3 is 0 Å². The second kappa shape index (κ2) is 8.43. The molecule has 0 aromatic heterocycles. The number of hydrogen-bond donors (Lipinski definition) is 3. The first-order chi connectivity index (χ1) is 14.4. The Bertz CT molecular complexity index is 806. The van der Waals surface area contributed by atoms with Crippen molar-refractivity contribution >= 4 is 11.8 Å². The summed E-state index contributed by atoms with van der Waals surface area (Å²) in [5, 5.41) is 15.2. The number of amides is 2. The molecule has 8 heteroatoms. The van der Waals surface area contributed by atoms with Crippen molar-refractivity contribution in [3.05, 3.63) is 35.0 Å². The molecule has 1 saturated heterocycles. The summed E-state index contributed by atoms with van der Waals surface area (Å²) >= 11 is 0. The Morgan fingerprint density at radius 3 is 2.63 bits per heavy atom. The van der Waals surface area contributed by atoms with Crippen LogP contribution in [0.25, 0.3) is 0 Å². The number of carbonyl (C=O) groups is 2. The third-order valence-electron chi connectivity index (χ3n) is 5.91. The molecule has 2 amide bonds. The van der Waals surface area contributed by atoms with Crippen LogP contribution in [0.15, 0.2) is 35.0 Å². The molecule has 30 heavy (non-hydrogen) atoms. The van der Waals surface area contributed by atoms with E-state index in [-0.39, 0.29) is 29.5 Å². The van der Waals surface area contributed by atoms with E-state index < -0.39 is 11.8 Å². The maximum atomic E-state index is 13.3. The fourth-order valence-corrected chi connectivity index (χ4v) is 4.11. The minimum Gasteiger partial charge on any atom is -0.493 e. The molecule has 164 valence electrons. The summed E-state index contributed by atoms with van der Waals surface area (Å²) in [4.78, 5) is 27.7. The number of aliphatic hydroxyl groups excluding tert-OH is 1. The quantitative estimate of drug-likeness (QED) is 0.573. The number of nitrogens with one attached hydrogen (secondary N) is 2. The molecule has 0 bridgehead atoms. The highest BCUT2D eigenvalue weighted by Crippen LogP contribution is 2.35. The first-order valence-corrected chi connectivity index (χ1v) is 11.0. The molecule has 1 atom stereocenters. The van der Waals surface area contributed by atoms with Gasteiger partial charge in [-0.15, -0.1) is 0 Å². The van der Waals surface area contributed by atoms with Crippen LogP contribution in [0, 0.1) is 11.8 Å². The molecule has 2 fully saturated rings. The van der Waals surface area contributed by atoms with Gasteiger partial charge in [-0.25, -0.2) is 10.4 Å². The minimum absolute atomic E-state index is 0.101. The molecule has 4 rings (SSSR count). The lowest BCUT2D eigenvalue weighted by Crippen LogP contribution is -2.51. The number of fused-ring (bicyclic) bond motifs is 1. The van der Waals surface area contributed by atoms with Gasteiger partial charge in [-0.2, -0.15) is 0 Å². The lowest BCUT2D eigenvalue weighted by atomic mass is 9.97. The van der Waals surface area contributed by atoms with E-state index in [1.54, 1.807) is 4.90 Å². The van der Waals surface area contributed by atoms with Gasteiger partial charge in [-0.05, 0) is 44.4 Å². The lowest BCUT2D eigenvalue weighted by molar-refractivity contribution is -0.132. The molecular weight excluding hydrogens is 384 g/mol. The molecule has 1 saturated carbocycles. The molecule has 3 aliphatic heterocycles. The zero-order chi connectivity index (χ0) is 21.4. The lowest BCUT2D eigenvalue weighted by Gasteiger charge is -2.36. The molecule has 4 aliphatic rings. The third-order valence-corrected chi connectivity index (χ3v) is 5.91. The molecule has 0 aromatic rings. The minimum atomic E-state index is -0.506. The predicted molar refractivity (Wildman–Crippen MR) is 112 cm³/mol. The fourth-order valence-electron chi connectivity index (χ4n) is 4.11. The standard InChI is InChI=1S/C22H32N4O4/c1-13(2)12-25-20-17(7-4-15-8-10-30-11-9-15)14(3)24-26(20)22(29)18(21(25)28)19(27)23-16-5-6-16/h4,7,13-16,24,29H,5-6,8-12H2,1-3H3,(H,23,27)/b7-4+. The summed E-state index contributed by atoms with van der Waals surface area (Å²) in [6.45, 7) is 8.04. The second-order valence-electron chi connectivity index (χ2n) is 9.03. The summed E-state index contributed by atoms with van der Waals surface area (Å²) in [7, 11) is 0.